The van der Waals surface area contributed by atoms with Crippen LogP contribution in [0.4, 0.5) is 0 Å². The number of H-pyrrole nitrogens is 2. The largest absolute Gasteiger partial charge is 0.480 e. The highest BCUT2D eigenvalue weighted by Gasteiger charge is 2.29. The molecule has 0 aromatic carbocycles. The van der Waals surface area contributed by atoms with Crippen LogP contribution in [0.25, 0.3) is 0 Å². The predicted octanol–water partition coefficient (Wildman–Crippen LogP) is -0.510. The van der Waals surface area contributed by atoms with Crippen molar-refractivity contribution in [3.63, 3.8) is 0 Å². The van der Waals surface area contributed by atoms with Crippen molar-refractivity contribution < 1.29 is 19.5 Å². The van der Waals surface area contributed by atoms with Crippen molar-refractivity contribution in [2.24, 2.45) is 5.73 Å². The molecular weight excluding hydrogens is 378 g/mol. The lowest BCUT2D eigenvalue weighted by Crippen LogP contribution is -2.55. The molecule has 11 heteroatoms. The maximum Gasteiger partial charge on any atom is 0.326 e. The molecule has 3 atom stereocenters. The highest BCUT2D eigenvalue weighted by molar-refractivity contribution is 5.92. The fraction of sp³-hybridized carbons (Fsp3) is 0.500. The van der Waals surface area contributed by atoms with Crippen LogP contribution in [0.3, 0.4) is 0 Å². The molecule has 0 saturated carbocycles. The number of carboxylic acids is 1. The number of rotatable bonds is 12. The lowest BCUT2D eigenvalue weighted by Gasteiger charge is -2.22. The molecule has 2 aromatic rings. The van der Waals surface area contributed by atoms with Crippen LogP contribution in [0.5, 0.6) is 0 Å². The Bertz CT molecular complexity index is 776. The Kier molecular flexibility index (Phi) is 8.34. The molecular formula is C18H27N7O4. The zero-order valence-electron chi connectivity index (χ0n) is 16.2. The second-order valence-corrected chi connectivity index (χ2v) is 6.74. The molecule has 29 heavy (non-hydrogen) atoms. The summed E-state index contributed by atoms with van der Waals surface area (Å²) in [7, 11) is 0. The Labute approximate surface area is 167 Å². The normalized spacial score (nSPS) is 14.0. The lowest BCUT2D eigenvalue weighted by molar-refractivity contribution is -0.142. The number of nitrogens with one attached hydrogen (secondary N) is 4. The molecule has 0 aliphatic heterocycles. The summed E-state index contributed by atoms with van der Waals surface area (Å²) in [5, 5.41) is 14.5. The SMILES string of the molecule is CCCC[C@H](N)C(=O)N[C@@H](Cc1c[nH]cn1)C(=O)N[C@@H](Cc1c[nH]cn1)C(=O)O. The number of unbranched alkanes of at least 4 members (excludes halogenated alkanes) is 1. The number of carbonyl (C=O) groups is 3. The average molecular weight is 405 g/mol. The van der Waals surface area contributed by atoms with E-state index in [1.54, 1.807) is 12.4 Å². The minimum Gasteiger partial charge on any atom is -0.480 e. The van der Waals surface area contributed by atoms with Crippen LogP contribution in [-0.4, -0.2) is 61.0 Å². The minimum atomic E-state index is -1.20. The zero-order valence-corrected chi connectivity index (χ0v) is 16.2. The summed E-state index contributed by atoms with van der Waals surface area (Å²) in [5.74, 6) is -2.30. The van der Waals surface area contributed by atoms with Gasteiger partial charge in [0.2, 0.25) is 11.8 Å². The van der Waals surface area contributed by atoms with Gasteiger partial charge >= 0.3 is 5.97 Å². The van der Waals surface area contributed by atoms with E-state index in [4.69, 9.17) is 5.73 Å². The van der Waals surface area contributed by atoms with Crippen LogP contribution >= 0.6 is 0 Å². The maximum atomic E-state index is 12.8. The first kappa shape index (κ1) is 22.1. The van der Waals surface area contributed by atoms with E-state index in [0.29, 0.717) is 17.8 Å². The van der Waals surface area contributed by atoms with E-state index in [1.807, 2.05) is 6.92 Å². The van der Waals surface area contributed by atoms with E-state index in [9.17, 15) is 19.5 Å². The van der Waals surface area contributed by atoms with Crippen molar-refractivity contribution >= 4 is 17.8 Å². The average Bonchev–Trinajstić information content (AvgIpc) is 3.38. The Morgan fingerprint density at radius 2 is 1.59 bits per heavy atom. The highest BCUT2D eigenvalue weighted by Crippen LogP contribution is 2.05. The van der Waals surface area contributed by atoms with Gasteiger partial charge in [-0.3, -0.25) is 9.59 Å². The van der Waals surface area contributed by atoms with Crippen molar-refractivity contribution in [3.8, 4) is 0 Å². The van der Waals surface area contributed by atoms with E-state index in [-0.39, 0.29) is 12.8 Å². The number of amides is 2. The number of aliphatic carboxylic acids is 1. The zero-order chi connectivity index (χ0) is 21.2. The Morgan fingerprint density at radius 3 is 2.07 bits per heavy atom. The number of hydrogen-bond donors (Lipinski definition) is 6. The van der Waals surface area contributed by atoms with Crippen LogP contribution < -0.4 is 16.4 Å². The molecule has 7 N–H and O–H groups in total. The van der Waals surface area contributed by atoms with Crippen molar-refractivity contribution in [1.29, 1.82) is 0 Å². The molecule has 11 nitrogen and oxygen atoms in total. The Balaban J connectivity index is 2.07. The third-order valence-electron chi connectivity index (χ3n) is 4.39. The molecule has 2 heterocycles. The van der Waals surface area contributed by atoms with Gasteiger partial charge in [-0.2, -0.15) is 0 Å². The highest BCUT2D eigenvalue weighted by atomic mass is 16.4. The molecule has 158 valence electrons. The van der Waals surface area contributed by atoms with Gasteiger partial charge in [-0.25, -0.2) is 14.8 Å². The quantitative estimate of drug-likeness (QED) is 0.275. The summed E-state index contributed by atoms with van der Waals surface area (Å²) < 4.78 is 0. The van der Waals surface area contributed by atoms with Crippen LogP contribution in [0.1, 0.15) is 37.6 Å². The number of nitrogens with two attached hydrogens (primary N) is 1. The molecule has 0 fully saturated rings. The predicted molar refractivity (Wildman–Crippen MR) is 104 cm³/mol. The topological polar surface area (TPSA) is 179 Å². The molecule has 2 rings (SSSR count). The van der Waals surface area contributed by atoms with E-state index < -0.39 is 35.9 Å². The van der Waals surface area contributed by atoms with Crippen LogP contribution in [-0.2, 0) is 27.2 Å². The second kappa shape index (κ2) is 11.0. The number of imidazole rings is 2. The fourth-order valence-electron chi connectivity index (χ4n) is 2.74. The van der Waals surface area contributed by atoms with Gasteiger partial charge in [0.15, 0.2) is 0 Å². The lowest BCUT2D eigenvalue weighted by atomic mass is 10.1. The Hall–Kier alpha value is -3.21. The summed E-state index contributed by atoms with van der Waals surface area (Å²) in [5.41, 5.74) is 6.93. The summed E-state index contributed by atoms with van der Waals surface area (Å²) in [6.07, 6.45) is 8.31. The Morgan fingerprint density at radius 1 is 1.03 bits per heavy atom. The molecule has 0 aliphatic rings. The van der Waals surface area contributed by atoms with Gasteiger partial charge in [0, 0.05) is 25.2 Å². The standard InChI is InChI=1S/C18H27N7O4/c1-2-3-4-13(19)16(26)24-14(5-11-7-20-9-22-11)17(27)25-15(18(28)29)6-12-8-21-10-23-12/h7-10,13-15H,2-6,19H2,1H3,(H,20,22)(H,21,23)(H,24,26)(H,25,27)(H,28,29)/t13-,14-,15-/m0/s1. The molecule has 0 radical (unpaired) electrons. The second-order valence-electron chi connectivity index (χ2n) is 6.74. The molecule has 0 unspecified atom stereocenters. The van der Waals surface area contributed by atoms with E-state index in [1.165, 1.54) is 12.7 Å². The van der Waals surface area contributed by atoms with Gasteiger partial charge in [-0.15, -0.1) is 0 Å². The maximum absolute atomic E-state index is 12.8. The third kappa shape index (κ3) is 7.03. The van der Waals surface area contributed by atoms with Crippen LogP contribution in [0.15, 0.2) is 25.0 Å². The van der Waals surface area contributed by atoms with Gasteiger partial charge in [0.05, 0.1) is 30.1 Å². The third-order valence-corrected chi connectivity index (χ3v) is 4.39. The first-order valence-electron chi connectivity index (χ1n) is 9.45. The summed E-state index contributed by atoms with van der Waals surface area (Å²) in [4.78, 5) is 50.3. The van der Waals surface area contributed by atoms with Gasteiger partial charge in [-0.1, -0.05) is 19.8 Å². The van der Waals surface area contributed by atoms with E-state index in [0.717, 1.165) is 12.8 Å². The van der Waals surface area contributed by atoms with Gasteiger partial charge in [0.1, 0.15) is 12.1 Å². The molecule has 0 spiro atoms. The van der Waals surface area contributed by atoms with Gasteiger partial charge < -0.3 is 31.4 Å². The van der Waals surface area contributed by atoms with Crippen molar-refractivity contribution in [2.45, 2.75) is 57.2 Å². The smallest absolute Gasteiger partial charge is 0.326 e. The van der Waals surface area contributed by atoms with E-state index >= 15 is 0 Å². The first-order valence-corrected chi connectivity index (χ1v) is 9.45. The first-order chi connectivity index (χ1) is 13.9. The molecule has 2 amide bonds. The summed E-state index contributed by atoms with van der Waals surface area (Å²) in [6, 6.07) is -2.96. The summed E-state index contributed by atoms with van der Waals surface area (Å²) >= 11 is 0. The van der Waals surface area contributed by atoms with Gasteiger partial charge in [-0.05, 0) is 6.42 Å². The molecule has 2 aromatic heterocycles. The summed E-state index contributed by atoms with van der Waals surface area (Å²) in [6.45, 7) is 1.99. The molecule has 0 saturated heterocycles. The van der Waals surface area contributed by atoms with Crippen molar-refractivity contribution in [1.82, 2.24) is 30.6 Å². The van der Waals surface area contributed by atoms with Crippen molar-refractivity contribution in [3.05, 3.63) is 36.4 Å². The number of hydrogen-bond acceptors (Lipinski definition) is 6. The minimum absolute atomic E-state index is 0.00363. The monoisotopic (exact) mass is 405 g/mol. The van der Waals surface area contributed by atoms with Crippen LogP contribution in [0, 0.1) is 0 Å². The number of aromatic nitrogens is 4. The van der Waals surface area contributed by atoms with Gasteiger partial charge in [0.25, 0.3) is 0 Å². The number of carbonyl (C=O) groups excluding carboxylic acids is 2. The van der Waals surface area contributed by atoms with Crippen LogP contribution in [0.2, 0.25) is 0 Å². The fourth-order valence-corrected chi connectivity index (χ4v) is 2.74. The molecule has 0 bridgehead atoms. The number of nitrogens with zero attached hydrogens (tertiary/aromatic N) is 2. The molecule has 0 aliphatic carbocycles. The number of aromatic amines is 2. The number of carboxylic acid groups (broad SMARTS) is 1. The van der Waals surface area contributed by atoms with Crippen molar-refractivity contribution in [2.75, 3.05) is 0 Å². The van der Waals surface area contributed by atoms with E-state index in [2.05, 4.69) is 30.6 Å².